The summed E-state index contributed by atoms with van der Waals surface area (Å²) in [6, 6.07) is 19.2. The SMILES string of the molecule is CCOCCCn1c(SCc2cc(-c3ccccc3)on2)nc2ccccc2c1=O. The molecule has 154 valence electrons. The van der Waals surface area contributed by atoms with E-state index in [4.69, 9.17) is 14.2 Å². The van der Waals surface area contributed by atoms with Crippen molar-refractivity contribution < 1.29 is 9.26 Å². The summed E-state index contributed by atoms with van der Waals surface area (Å²) in [6.45, 7) is 3.81. The summed E-state index contributed by atoms with van der Waals surface area (Å²) < 4.78 is 12.7. The van der Waals surface area contributed by atoms with E-state index in [1.807, 2.05) is 67.6 Å². The molecule has 7 heteroatoms. The molecule has 0 aliphatic rings. The van der Waals surface area contributed by atoms with Crippen molar-refractivity contribution >= 4 is 22.7 Å². The Bertz CT molecular complexity index is 1170. The number of hydrogen-bond donors (Lipinski definition) is 0. The number of fused-ring (bicyclic) bond motifs is 1. The van der Waals surface area contributed by atoms with E-state index in [9.17, 15) is 4.79 Å². The molecule has 0 bridgehead atoms. The summed E-state index contributed by atoms with van der Waals surface area (Å²) in [4.78, 5) is 17.8. The summed E-state index contributed by atoms with van der Waals surface area (Å²) in [5.41, 5.74) is 2.47. The molecule has 0 aliphatic carbocycles. The Morgan fingerprint density at radius 2 is 1.90 bits per heavy atom. The van der Waals surface area contributed by atoms with E-state index in [2.05, 4.69) is 5.16 Å². The molecule has 6 nitrogen and oxygen atoms in total. The van der Waals surface area contributed by atoms with E-state index in [1.165, 1.54) is 11.8 Å². The topological polar surface area (TPSA) is 70.2 Å². The molecule has 0 fully saturated rings. The molecule has 0 radical (unpaired) electrons. The maximum absolute atomic E-state index is 13.0. The largest absolute Gasteiger partial charge is 0.382 e. The van der Waals surface area contributed by atoms with Crippen molar-refractivity contribution in [3.63, 3.8) is 0 Å². The van der Waals surface area contributed by atoms with Crippen LogP contribution in [0.25, 0.3) is 22.2 Å². The Balaban J connectivity index is 1.56. The van der Waals surface area contributed by atoms with Crippen molar-refractivity contribution in [2.24, 2.45) is 0 Å². The van der Waals surface area contributed by atoms with Crippen molar-refractivity contribution in [2.75, 3.05) is 13.2 Å². The van der Waals surface area contributed by atoms with E-state index < -0.39 is 0 Å². The van der Waals surface area contributed by atoms with Gasteiger partial charge in [-0.3, -0.25) is 9.36 Å². The fraction of sp³-hybridized carbons (Fsp3) is 0.261. The van der Waals surface area contributed by atoms with Crippen LogP contribution in [0.3, 0.4) is 0 Å². The molecule has 0 unspecified atom stereocenters. The standard InChI is InChI=1S/C23H23N3O3S/c1-2-28-14-8-13-26-22(27)19-11-6-7-12-20(19)24-23(26)30-16-18-15-21(29-25-18)17-9-4-3-5-10-17/h3-7,9-12,15H,2,8,13-14,16H2,1H3. The van der Waals surface area contributed by atoms with Crippen molar-refractivity contribution in [1.29, 1.82) is 0 Å². The van der Waals surface area contributed by atoms with Gasteiger partial charge in [0, 0.05) is 37.1 Å². The quantitative estimate of drug-likeness (QED) is 0.220. The smallest absolute Gasteiger partial charge is 0.262 e. The van der Waals surface area contributed by atoms with Crippen LogP contribution in [0.15, 0.2) is 75.1 Å². The van der Waals surface area contributed by atoms with E-state index >= 15 is 0 Å². The Kier molecular flexibility index (Phi) is 6.61. The van der Waals surface area contributed by atoms with Crippen molar-refractivity contribution in [3.05, 3.63) is 76.7 Å². The predicted octanol–water partition coefficient (Wildman–Crippen LogP) is 4.77. The lowest BCUT2D eigenvalue weighted by Crippen LogP contribution is -2.24. The molecule has 0 amide bonds. The van der Waals surface area contributed by atoms with Gasteiger partial charge in [-0.05, 0) is 25.5 Å². The van der Waals surface area contributed by atoms with E-state index in [0.717, 1.165) is 23.4 Å². The third-order valence-electron chi connectivity index (χ3n) is 4.67. The van der Waals surface area contributed by atoms with Gasteiger partial charge < -0.3 is 9.26 Å². The summed E-state index contributed by atoms with van der Waals surface area (Å²) in [5.74, 6) is 1.29. The maximum Gasteiger partial charge on any atom is 0.262 e. The first-order valence-electron chi connectivity index (χ1n) is 9.97. The zero-order chi connectivity index (χ0) is 20.8. The van der Waals surface area contributed by atoms with Gasteiger partial charge in [0.1, 0.15) is 0 Å². The fourth-order valence-corrected chi connectivity index (χ4v) is 4.09. The number of thioether (sulfide) groups is 1. The highest BCUT2D eigenvalue weighted by Crippen LogP contribution is 2.25. The average molecular weight is 422 g/mol. The van der Waals surface area contributed by atoms with Gasteiger partial charge in [-0.15, -0.1) is 0 Å². The van der Waals surface area contributed by atoms with Crippen LogP contribution in [0.4, 0.5) is 0 Å². The maximum atomic E-state index is 13.0. The van der Waals surface area contributed by atoms with Crippen LogP contribution in [0, 0.1) is 0 Å². The van der Waals surface area contributed by atoms with Crippen molar-refractivity contribution in [2.45, 2.75) is 30.8 Å². The van der Waals surface area contributed by atoms with Crippen LogP contribution in [0.1, 0.15) is 19.0 Å². The first-order valence-corrected chi connectivity index (χ1v) is 11.0. The lowest BCUT2D eigenvalue weighted by atomic mass is 10.2. The van der Waals surface area contributed by atoms with Crippen LogP contribution >= 0.6 is 11.8 Å². The molecular weight excluding hydrogens is 398 g/mol. The third-order valence-corrected chi connectivity index (χ3v) is 5.68. The molecule has 2 heterocycles. The Morgan fingerprint density at radius 1 is 1.10 bits per heavy atom. The summed E-state index contributed by atoms with van der Waals surface area (Å²) in [5, 5.41) is 5.49. The molecule has 0 spiro atoms. The van der Waals surface area contributed by atoms with Gasteiger partial charge in [0.25, 0.3) is 5.56 Å². The van der Waals surface area contributed by atoms with E-state index in [1.54, 1.807) is 4.57 Å². The minimum Gasteiger partial charge on any atom is -0.382 e. The molecule has 0 N–H and O–H groups in total. The molecule has 0 aliphatic heterocycles. The van der Waals surface area contributed by atoms with Gasteiger partial charge in [-0.1, -0.05) is 59.4 Å². The first kappa shape index (κ1) is 20.4. The number of benzene rings is 2. The van der Waals surface area contributed by atoms with Crippen molar-refractivity contribution in [3.8, 4) is 11.3 Å². The molecule has 0 atom stereocenters. The average Bonchev–Trinajstić information content (AvgIpc) is 3.26. The Morgan fingerprint density at radius 3 is 2.73 bits per heavy atom. The van der Waals surface area contributed by atoms with Crippen molar-refractivity contribution in [1.82, 2.24) is 14.7 Å². The van der Waals surface area contributed by atoms with Gasteiger partial charge in [-0.2, -0.15) is 0 Å². The van der Waals surface area contributed by atoms with Gasteiger partial charge in [0.05, 0.1) is 16.6 Å². The normalized spacial score (nSPS) is 11.2. The highest BCUT2D eigenvalue weighted by molar-refractivity contribution is 7.98. The zero-order valence-electron chi connectivity index (χ0n) is 16.8. The first-order chi connectivity index (χ1) is 14.8. The van der Waals surface area contributed by atoms with Crippen LogP contribution in [-0.2, 0) is 17.0 Å². The molecule has 0 saturated carbocycles. The van der Waals surface area contributed by atoms with Gasteiger partial charge in [0.2, 0.25) is 0 Å². The third kappa shape index (κ3) is 4.63. The van der Waals surface area contributed by atoms with Crippen LogP contribution < -0.4 is 5.56 Å². The summed E-state index contributed by atoms with van der Waals surface area (Å²) in [7, 11) is 0. The second-order valence-corrected chi connectivity index (χ2v) is 7.70. The minimum absolute atomic E-state index is 0.0234. The molecular formula is C23H23N3O3S. The highest BCUT2D eigenvalue weighted by atomic mass is 32.2. The van der Waals surface area contributed by atoms with Gasteiger partial charge in [-0.25, -0.2) is 4.98 Å². The number of nitrogens with zero attached hydrogens (tertiary/aromatic N) is 3. The van der Waals surface area contributed by atoms with E-state index in [0.29, 0.717) is 41.6 Å². The van der Waals surface area contributed by atoms with Gasteiger partial charge >= 0.3 is 0 Å². The number of aromatic nitrogens is 3. The monoisotopic (exact) mass is 421 g/mol. The van der Waals surface area contributed by atoms with Crippen LogP contribution in [0.5, 0.6) is 0 Å². The highest BCUT2D eigenvalue weighted by Gasteiger charge is 2.13. The predicted molar refractivity (Wildman–Crippen MR) is 119 cm³/mol. The lowest BCUT2D eigenvalue weighted by molar-refractivity contribution is 0.140. The number of para-hydroxylation sites is 1. The van der Waals surface area contributed by atoms with Gasteiger partial charge in [0.15, 0.2) is 10.9 Å². The second kappa shape index (κ2) is 9.73. The lowest BCUT2D eigenvalue weighted by Gasteiger charge is -2.12. The summed E-state index contributed by atoms with van der Waals surface area (Å²) in [6.07, 6.45) is 0.753. The number of rotatable bonds is 9. The summed E-state index contributed by atoms with van der Waals surface area (Å²) >= 11 is 1.49. The fourth-order valence-electron chi connectivity index (χ4n) is 3.18. The van der Waals surface area contributed by atoms with Crippen LogP contribution in [-0.4, -0.2) is 27.9 Å². The Hall–Kier alpha value is -2.90. The van der Waals surface area contributed by atoms with E-state index in [-0.39, 0.29) is 5.56 Å². The minimum atomic E-state index is -0.0234. The molecule has 4 rings (SSSR count). The van der Waals surface area contributed by atoms with Crippen LogP contribution in [0.2, 0.25) is 0 Å². The molecule has 4 aromatic rings. The zero-order valence-corrected chi connectivity index (χ0v) is 17.6. The number of ether oxygens (including phenoxy) is 1. The molecule has 2 aromatic heterocycles. The molecule has 2 aromatic carbocycles. The number of hydrogen-bond acceptors (Lipinski definition) is 6. The Labute approximate surface area is 178 Å². The second-order valence-electron chi connectivity index (χ2n) is 6.76. The molecule has 30 heavy (non-hydrogen) atoms. The molecule has 0 saturated heterocycles.